The van der Waals surface area contributed by atoms with Gasteiger partial charge in [-0.05, 0) is 37.3 Å². The van der Waals surface area contributed by atoms with Crippen LogP contribution in [0.15, 0.2) is 42.7 Å². The zero-order valence-electron chi connectivity index (χ0n) is 16.4. The van der Waals surface area contributed by atoms with Gasteiger partial charge >= 0.3 is 0 Å². The van der Waals surface area contributed by atoms with Crippen molar-refractivity contribution >= 4 is 17.2 Å². The molecule has 0 aliphatic heterocycles. The number of hydrogen-bond acceptors (Lipinski definition) is 5. The van der Waals surface area contributed by atoms with Gasteiger partial charge in [-0.25, -0.2) is 18.3 Å². The zero-order chi connectivity index (χ0) is 21.4. The number of carbonyl (C=O) groups is 1. The van der Waals surface area contributed by atoms with Gasteiger partial charge in [-0.3, -0.25) is 9.48 Å². The van der Waals surface area contributed by atoms with Crippen molar-refractivity contribution < 1.29 is 18.3 Å². The summed E-state index contributed by atoms with van der Waals surface area (Å²) in [5, 5.41) is 10.8. The lowest BCUT2D eigenvalue weighted by molar-refractivity contribution is 0.102. The number of fused-ring (bicyclic) bond motifs is 1. The van der Waals surface area contributed by atoms with Crippen molar-refractivity contribution in [3.8, 4) is 17.0 Å². The molecule has 0 bridgehead atoms. The van der Waals surface area contributed by atoms with Crippen LogP contribution in [0.25, 0.3) is 16.9 Å². The molecule has 10 heteroatoms. The number of nitrogens with one attached hydrogen (secondary N) is 1. The van der Waals surface area contributed by atoms with Crippen molar-refractivity contribution in [3.63, 3.8) is 0 Å². The monoisotopic (exact) mass is 412 g/mol. The highest BCUT2D eigenvalue weighted by atomic mass is 19.3. The van der Waals surface area contributed by atoms with E-state index >= 15 is 0 Å². The van der Waals surface area contributed by atoms with Gasteiger partial charge in [0.15, 0.2) is 5.65 Å². The van der Waals surface area contributed by atoms with Gasteiger partial charge in [-0.2, -0.15) is 10.2 Å². The fourth-order valence-corrected chi connectivity index (χ4v) is 3.02. The molecular formula is C20H18F2N6O2. The minimum Gasteiger partial charge on any atom is -0.497 e. The molecule has 1 N–H and O–H groups in total. The number of amides is 1. The van der Waals surface area contributed by atoms with Gasteiger partial charge in [0.05, 0.1) is 36.6 Å². The molecule has 0 radical (unpaired) electrons. The van der Waals surface area contributed by atoms with Crippen LogP contribution in [0.1, 0.15) is 28.2 Å². The van der Waals surface area contributed by atoms with Gasteiger partial charge < -0.3 is 10.1 Å². The van der Waals surface area contributed by atoms with Gasteiger partial charge in [0, 0.05) is 12.6 Å². The van der Waals surface area contributed by atoms with E-state index in [0.717, 1.165) is 10.2 Å². The summed E-state index contributed by atoms with van der Waals surface area (Å²) in [7, 11) is 3.28. The van der Waals surface area contributed by atoms with Crippen LogP contribution in [0.3, 0.4) is 0 Å². The third-order valence-corrected chi connectivity index (χ3v) is 4.84. The highest BCUT2D eigenvalue weighted by molar-refractivity contribution is 6.08. The topological polar surface area (TPSA) is 86.3 Å². The molecule has 3 heterocycles. The van der Waals surface area contributed by atoms with E-state index in [9.17, 15) is 13.6 Å². The third kappa shape index (κ3) is 3.36. The summed E-state index contributed by atoms with van der Waals surface area (Å²) < 4.78 is 35.1. The maximum atomic E-state index is 13.7. The minimum atomic E-state index is -2.80. The summed E-state index contributed by atoms with van der Waals surface area (Å²) in [4.78, 5) is 17.3. The molecule has 1 aromatic carbocycles. The van der Waals surface area contributed by atoms with E-state index in [-0.39, 0.29) is 16.9 Å². The summed E-state index contributed by atoms with van der Waals surface area (Å²) in [6, 6.07) is 8.10. The van der Waals surface area contributed by atoms with Gasteiger partial charge in [0.2, 0.25) is 0 Å². The molecule has 8 nitrogen and oxygen atoms in total. The molecule has 0 saturated heterocycles. The lowest BCUT2D eigenvalue weighted by Crippen LogP contribution is -2.13. The SMILES string of the molecule is COc1ccc(-c2cc(C(F)F)n3ncc(C(=O)Nc4cnn(C)c4C)c3n2)cc1. The fourth-order valence-electron chi connectivity index (χ4n) is 3.02. The Balaban J connectivity index is 1.80. The number of aromatic nitrogens is 5. The number of benzene rings is 1. The molecule has 4 rings (SSSR count). The average Bonchev–Trinajstić information content (AvgIpc) is 3.31. The molecular weight excluding hydrogens is 394 g/mol. The van der Waals surface area contributed by atoms with Crippen molar-refractivity contribution in [1.82, 2.24) is 24.4 Å². The molecule has 1 amide bonds. The second kappa shape index (κ2) is 7.54. The number of nitrogens with zero attached hydrogens (tertiary/aromatic N) is 5. The van der Waals surface area contributed by atoms with E-state index in [0.29, 0.717) is 22.7 Å². The van der Waals surface area contributed by atoms with E-state index in [2.05, 4.69) is 20.5 Å². The number of halogens is 2. The normalized spacial score (nSPS) is 11.3. The van der Waals surface area contributed by atoms with Crippen LogP contribution < -0.4 is 10.1 Å². The predicted molar refractivity (Wildman–Crippen MR) is 106 cm³/mol. The van der Waals surface area contributed by atoms with Crippen LogP contribution in [-0.4, -0.2) is 37.4 Å². The maximum absolute atomic E-state index is 13.7. The van der Waals surface area contributed by atoms with E-state index in [4.69, 9.17) is 4.74 Å². The molecule has 0 spiro atoms. The standard InChI is InChI=1S/C20H18F2N6O2/c1-11-16(10-23-27(11)2)26-20(29)14-9-24-28-17(18(21)22)8-15(25-19(14)28)12-4-6-13(30-3)7-5-12/h4-10,18H,1-3H3,(H,26,29). The summed E-state index contributed by atoms with van der Waals surface area (Å²) in [5.74, 6) is 0.117. The highest BCUT2D eigenvalue weighted by Crippen LogP contribution is 2.28. The van der Waals surface area contributed by atoms with Crippen LogP contribution in [-0.2, 0) is 7.05 Å². The van der Waals surface area contributed by atoms with Crippen LogP contribution in [0, 0.1) is 6.92 Å². The van der Waals surface area contributed by atoms with Crippen molar-refractivity contribution in [2.75, 3.05) is 12.4 Å². The van der Waals surface area contributed by atoms with Gasteiger partial charge in [0.1, 0.15) is 17.0 Å². The second-order valence-corrected chi connectivity index (χ2v) is 6.61. The first-order chi connectivity index (χ1) is 14.4. The first-order valence-corrected chi connectivity index (χ1v) is 9.00. The number of alkyl halides is 2. The number of aryl methyl sites for hydroxylation is 1. The molecule has 0 saturated carbocycles. The Morgan fingerprint density at radius 3 is 2.50 bits per heavy atom. The van der Waals surface area contributed by atoms with E-state index in [1.165, 1.54) is 25.6 Å². The smallest absolute Gasteiger partial charge is 0.280 e. The number of carbonyl (C=O) groups excluding carboxylic acids is 1. The first kappa shape index (κ1) is 19.5. The molecule has 0 fully saturated rings. The minimum absolute atomic E-state index is 0.0395. The Morgan fingerprint density at radius 1 is 1.17 bits per heavy atom. The Labute approximate surface area is 170 Å². The van der Waals surface area contributed by atoms with E-state index in [1.807, 2.05) is 0 Å². The lowest BCUT2D eigenvalue weighted by Gasteiger charge is -2.09. The van der Waals surface area contributed by atoms with Crippen molar-refractivity contribution in [3.05, 3.63) is 59.7 Å². The summed E-state index contributed by atoms with van der Waals surface area (Å²) in [6.45, 7) is 1.80. The van der Waals surface area contributed by atoms with Crippen LogP contribution in [0.5, 0.6) is 5.75 Å². The Morgan fingerprint density at radius 2 is 1.90 bits per heavy atom. The number of rotatable bonds is 5. The number of methoxy groups -OCH3 is 1. The Kier molecular flexibility index (Phi) is 4.90. The molecule has 3 aromatic heterocycles. The molecule has 30 heavy (non-hydrogen) atoms. The number of ether oxygens (including phenoxy) is 1. The highest BCUT2D eigenvalue weighted by Gasteiger charge is 2.22. The maximum Gasteiger partial charge on any atom is 0.280 e. The summed E-state index contributed by atoms with van der Waals surface area (Å²) in [6.07, 6.45) is -0.0591. The summed E-state index contributed by atoms with van der Waals surface area (Å²) >= 11 is 0. The van der Waals surface area contributed by atoms with Gasteiger partial charge in [0.25, 0.3) is 12.3 Å². The summed E-state index contributed by atoms with van der Waals surface area (Å²) in [5.41, 5.74) is 1.93. The van der Waals surface area contributed by atoms with Crippen molar-refractivity contribution in [1.29, 1.82) is 0 Å². The Hall–Kier alpha value is -3.82. The predicted octanol–water partition coefficient (Wildman–Crippen LogP) is 3.64. The van der Waals surface area contributed by atoms with Crippen molar-refractivity contribution in [2.24, 2.45) is 7.05 Å². The van der Waals surface area contributed by atoms with Gasteiger partial charge in [-0.1, -0.05) is 0 Å². The number of anilines is 1. The van der Waals surface area contributed by atoms with Crippen LogP contribution in [0.2, 0.25) is 0 Å². The molecule has 0 aliphatic carbocycles. The third-order valence-electron chi connectivity index (χ3n) is 4.84. The number of hydrogen-bond donors (Lipinski definition) is 1. The largest absolute Gasteiger partial charge is 0.497 e. The van der Waals surface area contributed by atoms with Crippen molar-refractivity contribution in [2.45, 2.75) is 13.3 Å². The quantitative estimate of drug-likeness (QED) is 0.541. The van der Waals surface area contributed by atoms with Gasteiger partial charge in [-0.15, -0.1) is 0 Å². The molecule has 154 valence electrons. The van der Waals surface area contributed by atoms with E-state index in [1.54, 1.807) is 42.9 Å². The molecule has 0 atom stereocenters. The molecule has 0 aliphatic rings. The average molecular weight is 412 g/mol. The first-order valence-electron chi connectivity index (χ1n) is 9.00. The van der Waals surface area contributed by atoms with Crippen LogP contribution >= 0.6 is 0 Å². The second-order valence-electron chi connectivity index (χ2n) is 6.61. The fraction of sp³-hybridized carbons (Fsp3) is 0.200. The Bertz CT molecular complexity index is 1230. The lowest BCUT2D eigenvalue weighted by atomic mass is 10.1. The molecule has 4 aromatic rings. The van der Waals surface area contributed by atoms with Crippen LogP contribution in [0.4, 0.5) is 14.5 Å². The molecule has 0 unspecified atom stereocenters. The van der Waals surface area contributed by atoms with E-state index < -0.39 is 12.3 Å². The zero-order valence-corrected chi connectivity index (χ0v) is 16.4.